The largest absolute Gasteiger partial charge is 0.340 e. The fourth-order valence-electron chi connectivity index (χ4n) is 2.40. The normalized spacial score (nSPS) is 18.9. The van der Waals surface area contributed by atoms with Gasteiger partial charge < -0.3 is 10.2 Å². The van der Waals surface area contributed by atoms with Gasteiger partial charge in [0.2, 0.25) is 0 Å². The van der Waals surface area contributed by atoms with E-state index in [9.17, 15) is 4.79 Å². The lowest BCUT2D eigenvalue weighted by Crippen LogP contribution is -2.38. The lowest BCUT2D eigenvalue weighted by molar-refractivity contribution is 0.0783. The number of carbonyl (C=O) groups excluding carboxylic acids is 1. The third kappa shape index (κ3) is 3.12. The van der Waals surface area contributed by atoms with Crippen molar-refractivity contribution in [2.45, 2.75) is 25.8 Å². The number of hydrogen-bond acceptors (Lipinski definition) is 2. The fourth-order valence-corrected chi connectivity index (χ4v) is 2.87. The number of aryl methyl sites for hydroxylation is 1. The molecule has 1 N–H and O–H groups in total. The minimum absolute atomic E-state index is 0.105. The van der Waals surface area contributed by atoms with Gasteiger partial charge in [0.25, 0.3) is 5.91 Å². The molecule has 1 heterocycles. The lowest BCUT2D eigenvalue weighted by Gasteiger charge is -2.22. The van der Waals surface area contributed by atoms with Crippen molar-refractivity contribution < 1.29 is 4.79 Å². The molecule has 98 valence electrons. The quantitative estimate of drug-likeness (QED) is 0.930. The lowest BCUT2D eigenvalue weighted by atomic mass is 10.1. The maximum absolute atomic E-state index is 12.3. The van der Waals surface area contributed by atoms with Crippen molar-refractivity contribution in [3.8, 4) is 0 Å². The predicted octanol–water partition coefficient (Wildman–Crippen LogP) is 2.58. The first-order valence-electron chi connectivity index (χ1n) is 6.33. The second-order valence-corrected chi connectivity index (χ2v) is 5.85. The summed E-state index contributed by atoms with van der Waals surface area (Å²) < 4.78 is 1.01. The highest BCUT2D eigenvalue weighted by atomic mass is 79.9. The Morgan fingerprint density at radius 1 is 1.56 bits per heavy atom. The van der Waals surface area contributed by atoms with Crippen LogP contribution in [-0.2, 0) is 0 Å². The molecule has 1 aromatic carbocycles. The number of benzene rings is 1. The molecule has 2 rings (SSSR count). The van der Waals surface area contributed by atoms with E-state index in [0.717, 1.165) is 35.1 Å². The van der Waals surface area contributed by atoms with Crippen LogP contribution in [0.4, 0.5) is 0 Å². The minimum Gasteiger partial charge on any atom is -0.340 e. The first-order chi connectivity index (χ1) is 8.58. The van der Waals surface area contributed by atoms with Gasteiger partial charge in [-0.2, -0.15) is 0 Å². The van der Waals surface area contributed by atoms with E-state index in [4.69, 9.17) is 0 Å². The van der Waals surface area contributed by atoms with Crippen LogP contribution in [0.5, 0.6) is 0 Å². The highest BCUT2D eigenvalue weighted by Gasteiger charge is 2.20. The molecular formula is C14H19BrN2O. The monoisotopic (exact) mass is 310 g/mol. The summed E-state index contributed by atoms with van der Waals surface area (Å²) in [5.74, 6) is 0.105. The molecule has 0 aromatic heterocycles. The summed E-state index contributed by atoms with van der Waals surface area (Å²) in [7, 11) is 1.88. The fraction of sp³-hybridized carbons (Fsp3) is 0.500. The summed E-state index contributed by atoms with van der Waals surface area (Å²) in [4.78, 5) is 14.2. The van der Waals surface area contributed by atoms with Gasteiger partial charge in [0.1, 0.15) is 0 Å². The van der Waals surface area contributed by atoms with Crippen molar-refractivity contribution in [1.29, 1.82) is 0 Å². The predicted molar refractivity (Wildman–Crippen MR) is 76.9 cm³/mol. The summed E-state index contributed by atoms with van der Waals surface area (Å²) in [6, 6.07) is 6.24. The van der Waals surface area contributed by atoms with E-state index in [2.05, 4.69) is 21.2 Å². The standard InChI is InChI=1S/C14H19BrN2O/c1-10-8-11(15)5-6-13(10)14(18)17(2)9-12-4-3-7-16-12/h5-6,8,12,16H,3-4,7,9H2,1-2H3. The first kappa shape index (κ1) is 13.6. The number of halogens is 1. The number of hydrogen-bond donors (Lipinski definition) is 1. The van der Waals surface area contributed by atoms with E-state index in [0.29, 0.717) is 6.04 Å². The Bertz CT molecular complexity index is 441. The molecule has 0 aliphatic carbocycles. The van der Waals surface area contributed by atoms with E-state index in [-0.39, 0.29) is 5.91 Å². The van der Waals surface area contributed by atoms with Gasteiger partial charge >= 0.3 is 0 Å². The molecule has 1 amide bonds. The van der Waals surface area contributed by atoms with Crippen LogP contribution in [0.15, 0.2) is 22.7 Å². The van der Waals surface area contributed by atoms with Crippen LogP contribution in [0.3, 0.4) is 0 Å². The van der Waals surface area contributed by atoms with Crippen LogP contribution >= 0.6 is 15.9 Å². The number of nitrogens with zero attached hydrogens (tertiary/aromatic N) is 1. The molecule has 1 aromatic rings. The molecule has 1 fully saturated rings. The van der Waals surface area contributed by atoms with Gasteiger partial charge in [0.15, 0.2) is 0 Å². The Morgan fingerprint density at radius 2 is 2.33 bits per heavy atom. The molecule has 4 heteroatoms. The molecule has 1 saturated heterocycles. The second-order valence-electron chi connectivity index (χ2n) is 4.94. The van der Waals surface area contributed by atoms with Crippen LogP contribution in [0.1, 0.15) is 28.8 Å². The van der Waals surface area contributed by atoms with Gasteiger partial charge in [-0.1, -0.05) is 15.9 Å². The summed E-state index contributed by atoms with van der Waals surface area (Å²) in [5, 5.41) is 3.42. The summed E-state index contributed by atoms with van der Waals surface area (Å²) in [6.45, 7) is 3.83. The van der Waals surface area contributed by atoms with Crippen molar-refractivity contribution in [2.24, 2.45) is 0 Å². The maximum Gasteiger partial charge on any atom is 0.253 e. The Morgan fingerprint density at radius 3 is 2.94 bits per heavy atom. The Kier molecular flexibility index (Phi) is 4.40. The van der Waals surface area contributed by atoms with Crippen molar-refractivity contribution in [2.75, 3.05) is 20.1 Å². The SMILES string of the molecule is Cc1cc(Br)ccc1C(=O)N(C)CC1CCCN1. The molecule has 1 atom stereocenters. The molecule has 3 nitrogen and oxygen atoms in total. The van der Waals surface area contributed by atoms with E-state index >= 15 is 0 Å². The number of rotatable bonds is 3. The molecule has 1 aliphatic heterocycles. The highest BCUT2D eigenvalue weighted by molar-refractivity contribution is 9.10. The molecule has 1 unspecified atom stereocenters. The van der Waals surface area contributed by atoms with Gasteiger partial charge in [-0.05, 0) is 50.1 Å². The molecule has 1 aliphatic rings. The van der Waals surface area contributed by atoms with E-state index in [1.54, 1.807) is 0 Å². The second kappa shape index (κ2) is 5.85. The number of amides is 1. The van der Waals surface area contributed by atoms with Gasteiger partial charge in [-0.15, -0.1) is 0 Å². The Balaban J connectivity index is 2.05. The van der Waals surface area contributed by atoms with Gasteiger partial charge in [-0.25, -0.2) is 0 Å². The van der Waals surface area contributed by atoms with E-state index in [1.165, 1.54) is 6.42 Å². The summed E-state index contributed by atoms with van der Waals surface area (Å²) in [6.07, 6.45) is 2.38. The average molecular weight is 311 g/mol. The van der Waals surface area contributed by atoms with E-state index in [1.807, 2.05) is 37.1 Å². The molecule has 0 bridgehead atoms. The van der Waals surface area contributed by atoms with E-state index < -0.39 is 0 Å². The zero-order chi connectivity index (χ0) is 13.1. The highest BCUT2D eigenvalue weighted by Crippen LogP contribution is 2.17. The van der Waals surface area contributed by atoms with Gasteiger partial charge in [0.05, 0.1) is 0 Å². The van der Waals surface area contributed by atoms with Gasteiger partial charge in [0, 0.05) is 29.7 Å². The zero-order valence-corrected chi connectivity index (χ0v) is 12.5. The molecule has 0 saturated carbocycles. The van der Waals surface area contributed by atoms with Gasteiger partial charge in [-0.3, -0.25) is 4.79 Å². The topological polar surface area (TPSA) is 32.3 Å². The number of carbonyl (C=O) groups is 1. The summed E-state index contributed by atoms with van der Waals surface area (Å²) >= 11 is 3.42. The molecular weight excluding hydrogens is 292 g/mol. The minimum atomic E-state index is 0.105. The van der Waals surface area contributed by atoms with Crippen molar-refractivity contribution in [3.63, 3.8) is 0 Å². The Hall–Kier alpha value is -0.870. The summed E-state index contributed by atoms with van der Waals surface area (Å²) in [5.41, 5.74) is 1.80. The van der Waals surface area contributed by atoms with Crippen LogP contribution < -0.4 is 5.32 Å². The van der Waals surface area contributed by atoms with Crippen LogP contribution in [-0.4, -0.2) is 37.0 Å². The van der Waals surface area contributed by atoms with Crippen LogP contribution in [0.25, 0.3) is 0 Å². The Labute approximate surface area is 117 Å². The maximum atomic E-state index is 12.3. The molecule has 0 radical (unpaired) electrons. The van der Waals surface area contributed by atoms with Crippen LogP contribution in [0.2, 0.25) is 0 Å². The zero-order valence-electron chi connectivity index (χ0n) is 10.9. The molecule has 0 spiro atoms. The first-order valence-corrected chi connectivity index (χ1v) is 7.12. The molecule has 18 heavy (non-hydrogen) atoms. The van der Waals surface area contributed by atoms with Crippen LogP contribution in [0, 0.1) is 6.92 Å². The van der Waals surface area contributed by atoms with Crippen molar-refractivity contribution in [1.82, 2.24) is 10.2 Å². The average Bonchev–Trinajstić information content (AvgIpc) is 2.81. The number of likely N-dealkylation sites (N-methyl/N-ethyl adjacent to an activating group) is 1. The third-order valence-corrected chi connectivity index (χ3v) is 3.92. The third-order valence-electron chi connectivity index (χ3n) is 3.42. The van der Waals surface area contributed by atoms with Crippen molar-refractivity contribution in [3.05, 3.63) is 33.8 Å². The number of nitrogens with one attached hydrogen (secondary N) is 1. The smallest absolute Gasteiger partial charge is 0.253 e. The van der Waals surface area contributed by atoms with Crippen molar-refractivity contribution >= 4 is 21.8 Å².